The van der Waals surface area contributed by atoms with E-state index in [0.717, 1.165) is 23.2 Å². The van der Waals surface area contributed by atoms with Crippen LogP contribution in [0.15, 0.2) is 39.1 Å². The molecule has 0 saturated carbocycles. The van der Waals surface area contributed by atoms with Crippen molar-refractivity contribution in [1.82, 2.24) is 9.55 Å². The van der Waals surface area contributed by atoms with E-state index in [4.69, 9.17) is 4.74 Å². The molecule has 0 aliphatic carbocycles. The number of benzene rings is 1. The van der Waals surface area contributed by atoms with Gasteiger partial charge in [0.05, 0.1) is 27.8 Å². The molecule has 0 fully saturated rings. The summed E-state index contributed by atoms with van der Waals surface area (Å²) in [5.74, 6) is 0.390. The van der Waals surface area contributed by atoms with Gasteiger partial charge in [0.2, 0.25) is 0 Å². The maximum atomic E-state index is 13.0. The Morgan fingerprint density at radius 2 is 2.15 bits per heavy atom. The molecule has 10 heteroatoms. The summed E-state index contributed by atoms with van der Waals surface area (Å²) < 4.78 is 6.44. The van der Waals surface area contributed by atoms with Gasteiger partial charge < -0.3 is 4.74 Å². The number of esters is 1. The average Bonchev–Trinajstić information content (AvgIpc) is 3.11. The largest absolute Gasteiger partial charge is 0.465 e. The molecule has 27 heavy (non-hydrogen) atoms. The van der Waals surface area contributed by atoms with Gasteiger partial charge in [-0.1, -0.05) is 11.8 Å². The van der Waals surface area contributed by atoms with Crippen LogP contribution >= 0.6 is 23.5 Å². The number of nitrogens with zero attached hydrogens (tertiary/aromatic N) is 3. The molecular weight excluding hydrogens is 390 g/mol. The number of thioether (sulfide) groups is 2. The van der Waals surface area contributed by atoms with Crippen LogP contribution in [0.25, 0.3) is 5.69 Å². The van der Waals surface area contributed by atoms with E-state index in [-0.39, 0.29) is 23.8 Å². The highest BCUT2D eigenvalue weighted by molar-refractivity contribution is 8.00. The number of aryl methyl sites for hydroxylation is 1. The highest BCUT2D eigenvalue weighted by atomic mass is 32.2. The molecule has 1 aliphatic heterocycles. The van der Waals surface area contributed by atoms with Gasteiger partial charge in [0, 0.05) is 24.3 Å². The summed E-state index contributed by atoms with van der Waals surface area (Å²) in [6, 6.07) is 5.69. The van der Waals surface area contributed by atoms with Gasteiger partial charge in [0.25, 0.3) is 11.2 Å². The fourth-order valence-electron chi connectivity index (χ4n) is 2.59. The normalized spacial score (nSPS) is 13.9. The lowest BCUT2D eigenvalue weighted by molar-refractivity contribution is -0.384. The molecule has 0 N–H and O–H groups in total. The van der Waals surface area contributed by atoms with Gasteiger partial charge in [0.1, 0.15) is 5.25 Å². The number of nitro groups is 1. The number of aromatic nitrogens is 2. The number of fused-ring (bicyclic) bond motifs is 1. The Balaban J connectivity index is 2.07. The van der Waals surface area contributed by atoms with E-state index in [9.17, 15) is 19.7 Å². The Morgan fingerprint density at radius 1 is 1.44 bits per heavy atom. The Bertz CT molecular complexity index is 943. The van der Waals surface area contributed by atoms with Crippen molar-refractivity contribution < 1.29 is 14.5 Å². The molecule has 8 nitrogen and oxygen atoms in total. The highest BCUT2D eigenvalue weighted by Gasteiger charge is 2.25. The van der Waals surface area contributed by atoms with Crippen molar-refractivity contribution in [3.63, 3.8) is 0 Å². The predicted octanol–water partition coefficient (Wildman–Crippen LogP) is 2.83. The molecule has 1 unspecified atom stereocenters. The second-order valence-electron chi connectivity index (χ2n) is 5.69. The fourth-order valence-corrected chi connectivity index (χ4v) is 4.55. The van der Waals surface area contributed by atoms with Crippen LogP contribution in [0.3, 0.4) is 0 Å². The second-order valence-corrected chi connectivity index (χ2v) is 8.11. The van der Waals surface area contributed by atoms with Crippen LogP contribution in [0, 0.1) is 10.1 Å². The SMILES string of the molecule is CCOC(=O)C(C)Sc1nc2c(c(=O)n1-c1ccc([N+](=O)[O-])cc1)SCC2. The van der Waals surface area contributed by atoms with Crippen LogP contribution in [0.2, 0.25) is 0 Å². The van der Waals surface area contributed by atoms with Crippen molar-refractivity contribution in [2.45, 2.75) is 35.6 Å². The summed E-state index contributed by atoms with van der Waals surface area (Å²) in [5, 5.41) is 10.7. The Labute approximate surface area is 163 Å². The molecular formula is C17H17N3O5S2. The first-order valence-corrected chi connectivity index (χ1v) is 10.2. The summed E-state index contributed by atoms with van der Waals surface area (Å²) in [4.78, 5) is 40.6. The van der Waals surface area contributed by atoms with Gasteiger partial charge in [-0.25, -0.2) is 4.98 Å². The molecule has 0 radical (unpaired) electrons. The second kappa shape index (κ2) is 8.13. The van der Waals surface area contributed by atoms with Crippen molar-refractivity contribution in [2.75, 3.05) is 12.4 Å². The Morgan fingerprint density at radius 3 is 2.78 bits per heavy atom. The lowest BCUT2D eigenvalue weighted by atomic mass is 10.2. The zero-order valence-electron chi connectivity index (χ0n) is 14.7. The number of hydrogen-bond donors (Lipinski definition) is 0. The maximum Gasteiger partial charge on any atom is 0.319 e. The van der Waals surface area contributed by atoms with Gasteiger partial charge in [-0.3, -0.25) is 24.3 Å². The summed E-state index contributed by atoms with van der Waals surface area (Å²) in [6.45, 7) is 3.69. The van der Waals surface area contributed by atoms with Crippen LogP contribution in [0.4, 0.5) is 5.69 Å². The van der Waals surface area contributed by atoms with Crippen molar-refractivity contribution in [2.24, 2.45) is 0 Å². The molecule has 0 saturated heterocycles. The monoisotopic (exact) mass is 407 g/mol. The lowest BCUT2D eigenvalue weighted by Crippen LogP contribution is -2.26. The van der Waals surface area contributed by atoms with Crippen LogP contribution in [-0.2, 0) is 16.0 Å². The minimum Gasteiger partial charge on any atom is -0.465 e. The molecule has 3 rings (SSSR count). The number of carbonyl (C=O) groups excluding carboxylic acids is 1. The molecule has 2 aromatic rings. The van der Waals surface area contributed by atoms with Crippen molar-refractivity contribution >= 4 is 35.2 Å². The molecule has 2 heterocycles. The number of hydrogen-bond acceptors (Lipinski definition) is 8. The van der Waals surface area contributed by atoms with E-state index in [1.807, 2.05) is 0 Å². The first-order chi connectivity index (χ1) is 12.9. The summed E-state index contributed by atoms with van der Waals surface area (Å²) >= 11 is 2.59. The molecule has 1 aromatic heterocycles. The molecule has 142 valence electrons. The summed E-state index contributed by atoms with van der Waals surface area (Å²) in [6.07, 6.45) is 0.692. The van der Waals surface area contributed by atoms with E-state index >= 15 is 0 Å². The van der Waals surface area contributed by atoms with E-state index in [1.165, 1.54) is 40.6 Å². The van der Waals surface area contributed by atoms with Gasteiger partial charge in [0.15, 0.2) is 5.16 Å². The van der Waals surface area contributed by atoms with Gasteiger partial charge >= 0.3 is 5.97 Å². The topological polar surface area (TPSA) is 104 Å². The minimum absolute atomic E-state index is 0.0654. The van der Waals surface area contributed by atoms with Crippen molar-refractivity contribution in [1.29, 1.82) is 0 Å². The van der Waals surface area contributed by atoms with Gasteiger partial charge in [-0.2, -0.15) is 0 Å². The zero-order valence-corrected chi connectivity index (χ0v) is 16.3. The molecule has 1 atom stereocenters. The van der Waals surface area contributed by atoms with E-state index in [2.05, 4.69) is 4.98 Å². The summed E-state index contributed by atoms with van der Waals surface area (Å²) in [5.41, 5.74) is 0.896. The Hall–Kier alpha value is -2.33. The van der Waals surface area contributed by atoms with Crippen LogP contribution in [0.5, 0.6) is 0 Å². The smallest absolute Gasteiger partial charge is 0.319 e. The first kappa shape index (κ1) is 19.4. The van der Waals surface area contributed by atoms with Crippen molar-refractivity contribution in [3.8, 4) is 5.69 Å². The predicted molar refractivity (Wildman–Crippen MR) is 103 cm³/mol. The summed E-state index contributed by atoms with van der Waals surface area (Å²) in [7, 11) is 0. The molecule has 0 amide bonds. The highest BCUT2D eigenvalue weighted by Crippen LogP contribution is 2.31. The van der Waals surface area contributed by atoms with E-state index in [0.29, 0.717) is 22.2 Å². The number of nitro benzene ring substituents is 1. The molecule has 1 aromatic carbocycles. The molecule has 0 spiro atoms. The van der Waals surface area contributed by atoms with Gasteiger partial charge in [-0.05, 0) is 26.0 Å². The first-order valence-electron chi connectivity index (χ1n) is 8.29. The number of rotatable bonds is 6. The third-order valence-corrected chi connectivity index (χ3v) is 6.02. The third-order valence-electron chi connectivity index (χ3n) is 3.89. The zero-order chi connectivity index (χ0) is 19.6. The standard InChI is InChI=1S/C17H17N3O5S2/c1-3-25-16(22)10(2)27-17-18-13-8-9-26-14(13)15(21)19(17)11-4-6-12(7-5-11)20(23)24/h4-7,10H,3,8-9H2,1-2H3. The quantitative estimate of drug-likeness (QED) is 0.237. The molecule has 0 bridgehead atoms. The number of ether oxygens (including phenoxy) is 1. The van der Waals surface area contributed by atoms with E-state index in [1.54, 1.807) is 13.8 Å². The number of carbonyl (C=O) groups is 1. The molecule has 1 aliphatic rings. The average molecular weight is 407 g/mol. The third kappa shape index (κ3) is 4.01. The van der Waals surface area contributed by atoms with Gasteiger partial charge in [-0.15, -0.1) is 11.8 Å². The van der Waals surface area contributed by atoms with Crippen molar-refractivity contribution in [3.05, 3.63) is 50.4 Å². The number of non-ortho nitro benzene ring substituents is 1. The van der Waals surface area contributed by atoms with E-state index < -0.39 is 10.2 Å². The van der Waals surface area contributed by atoms with Crippen LogP contribution in [-0.4, -0.2) is 38.1 Å². The minimum atomic E-state index is -0.548. The maximum absolute atomic E-state index is 13.0. The fraction of sp³-hybridized carbons (Fsp3) is 0.353. The van der Waals surface area contributed by atoms with Crippen LogP contribution in [0.1, 0.15) is 19.5 Å². The Kier molecular flexibility index (Phi) is 5.85. The van der Waals surface area contributed by atoms with Crippen LogP contribution < -0.4 is 5.56 Å². The lowest BCUT2D eigenvalue weighted by Gasteiger charge is -2.16.